The molecule has 6 heteroatoms. The number of hydrogen-bond donors (Lipinski definition) is 1. The molecule has 0 aromatic heterocycles. The van der Waals surface area contributed by atoms with Crippen molar-refractivity contribution in [1.29, 1.82) is 0 Å². The lowest BCUT2D eigenvalue weighted by atomic mass is 9.94. The normalized spacial score (nSPS) is 13.1. The molecule has 0 heterocycles. The summed E-state index contributed by atoms with van der Waals surface area (Å²) in [6, 6.07) is 5.36. The van der Waals surface area contributed by atoms with Crippen molar-refractivity contribution < 1.29 is 23.9 Å². The molecule has 1 aromatic rings. The number of ether oxygens (including phenoxy) is 1. The molecule has 1 N–H and O–H groups in total. The minimum Gasteiger partial charge on any atom is -0.541 e. The van der Waals surface area contributed by atoms with Crippen LogP contribution in [0.1, 0.15) is 63.7 Å². The predicted octanol–water partition coefficient (Wildman–Crippen LogP) is 5.54. The monoisotopic (exact) mass is 394 g/mol. The van der Waals surface area contributed by atoms with Crippen LogP contribution in [0.15, 0.2) is 18.2 Å². The van der Waals surface area contributed by atoms with Crippen molar-refractivity contribution >= 4 is 20.1 Å². The molecule has 5 nitrogen and oxygen atoms in total. The van der Waals surface area contributed by atoms with Crippen LogP contribution in [0.2, 0.25) is 18.1 Å². The molecule has 0 bridgehead atoms. The number of methoxy groups -OCH3 is 1. The molecule has 0 saturated heterocycles. The van der Waals surface area contributed by atoms with Gasteiger partial charge in [0.15, 0.2) is 11.5 Å². The summed E-state index contributed by atoms with van der Waals surface area (Å²) >= 11 is 0. The fourth-order valence-corrected chi connectivity index (χ4v) is 3.50. The molecule has 0 spiro atoms. The van der Waals surface area contributed by atoms with Gasteiger partial charge in [-0.2, -0.15) is 0 Å². The first kappa shape index (κ1) is 23.2. The second-order valence-electron chi connectivity index (χ2n) is 8.63. The highest BCUT2D eigenvalue weighted by Crippen LogP contribution is 2.40. The summed E-state index contributed by atoms with van der Waals surface area (Å²) < 4.78 is 11.8. The van der Waals surface area contributed by atoms with E-state index in [4.69, 9.17) is 14.3 Å². The van der Waals surface area contributed by atoms with E-state index < -0.39 is 14.3 Å². The fraction of sp³-hybridized carbons (Fsp3) is 0.619. The van der Waals surface area contributed by atoms with Crippen molar-refractivity contribution in [2.24, 2.45) is 5.92 Å². The average molecular weight is 395 g/mol. The largest absolute Gasteiger partial charge is 0.541 e. The van der Waals surface area contributed by atoms with Gasteiger partial charge in [-0.3, -0.25) is 9.59 Å². The first-order chi connectivity index (χ1) is 12.4. The maximum atomic E-state index is 12.7. The van der Waals surface area contributed by atoms with Gasteiger partial charge in [0.25, 0.3) is 8.32 Å². The Hall–Kier alpha value is -1.82. The van der Waals surface area contributed by atoms with Crippen LogP contribution < -0.4 is 9.16 Å². The van der Waals surface area contributed by atoms with Gasteiger partial charge in [-0.05, 0) is 49.2 Å². The van der Waals surface area contributed by atoms with Crippen LogP contribution in [0.25, 0.3) is 0 Å². The van der Waals surface area contributed by atoms with Crippen molar-refractivity contribution in [1.82, 2.24) is 0 Å². The SMILES string of the molecule is COc1cc(C(=O)C(C)CCCCC(=O)O)ccc1O[Si](C)(C)C(C)(C)C. The van der Waals surface area contributed by atoms with Crippen molar-refractivity contribution in [2.75, 3.05) is 7.11 Å². The minimum atomic E-state index is -2.00. The van der Waals surface area contributed by atoms with Crippen molar-refractivity contribution in [3.63, 3.8) is 0 Å². The van der Waals surface area contributed by atoms with Gasteiger partial charge in [0, 0.05) is 17.9 Å². The number of carbonyl (C=O) groups excluding carboxylic acids is 1. The highest BCUT2D eigenvalue weighted by Gasteiger charge is 2.39. The fourth-order valence-electron chi connectivity index (χ4n) is 2.48. The number of carboxylic acids is 1. The summed E-state index contributed by atoms with van der Waals surface area (Å²) in [4.78, 5) is 23.3. The van der Waals surface area contributed by atoms with Gasteiger partial charge in [-0.1, -0.05) is 34.1 Å². The Bertz CT molecular complexity index is 661. The molecule has 1 rings (SSSR count). The van der Waals surface area contributed by atoms with E-state index >= 15 is 0 Å². The van der Waals surface area contributed by atoms with Gasteiger partial charge in [-0.25, -0.2) is 0 Å². The van der Waals surface area contributed by atoms with Crippen LogP contribution in [-0.2, 0) is 4.79 Å². The summed E-state index contributed by atoms with van der Waals surface area (Å²) in [5.74, 6) is 0.340. The molecule has 1 atom stereocenters. The average Bonchev–Trinajstić information content (AvgIpc) is 2.56. The molecule has 27 heavy (non-hydrogen) atoms. The number of ketones is 1. The number of hydrogen-bond acceptors (Lipinski definition) is 4. The van der Waals surface area contributed by atoms with Crippen LogP contribution in [0.4, 0.5) is 0 Å². The Kier molecular flexibility index (Phi) is 8.08. The summed E-state index contributed by atoms with van der Waals surface area (Å²) in [6.45, 7) is 12.8. The number of aliphatic carboxylic acids is 1. The van der Waals surface area contributed by atoms with Gasteiger partial charge in [0.2, 0.25) is 0 Å². The van der Waals surface area contributed by atoms with E-state index in [9.17, 15) is 9.59 Å². The zero-order chi connectivity index (χ0) is 20.8. The van der Waals surface area contributed by atoms with Crippen LogP contribution in [0.5, 0.6) is 11.5 Å². The Morgan fingerprint density at radius 2 is 1.78 bits per heavy atom. The van der Waals surface area contributed by atoms with E-state index in [1.54, 1.807) is 19.2 Å². The number of carboxylic acid groups (broad SMARTS) is 1. The highest BCUT2D eigenvalue weighted by molar-refractivity contribution is 6.74. The second-order valence-corrected chi connectivity index (χ2v) is 13.4. The predicted molar refractivity (Wildman–Crippen MR) is 110 cm³/mol. The van der Waals surface area contributed by atoms with Gasteiger partial charge in [0.05, 0.1) is 7.11 Å². The lowest BCUT2D eigenvalue weighted by molar-refractivity contribution is -0.137. The van der Waals surface area contributed by atoms with Crippen molar-refractivity contribution in [2.45, 2.75) is 71.5 Å². The zero-order valence-corrected chi connectivity index (χ0v) is 18.7. The second kappa shape index (κ2) is 9.40. The quantitative estimate of drug-likeness (QED) is 0.320. The van der Waals surface area contributed by atoms with E-state index in [2.05, 4.69) is 33.9 Å². The Balaban J connectivity index is 2.86. The summed E-state index contributed by atoms with van der Waals surface area (Å²) in [5, 5.41) is 8.76. The van der Waals surface area contributed by atoms with Crippen LogP contribution >= 0.6 is 0 Å². The molecule has 0 saturated carbocycles. The van der Waals surface area contributed by atoms with Gasteiger partial charge in [0.1, 0.15) is 5.75 Å². The van der Waals surface area contributed by atoms with Gasteiger partial charge in [-0.15, -0.1) is 0 Å². The Morgan fingerprint density at radius 3 is 2.30 bits per heavy atom. The number of benzene rings is 1. The summed E-state index contributed by atoms with van der Waals surface area (Å²) in [6.07, 6.45) is 2.14. The lowest BCUT2D eigenvalue weighted by Gasteiger charge is -2.36. The maximum Gasteiger partial charge on any atom is 0.303 e. The van der Waals surface area contributed by atoms with E-state index in [1.807, 2.05) is 13.0 Å². The molecular weight excluding hydrogens is 360 g/mol. The molecule has 0 radical (unpaired) electrons. The minimum absolute atomic E-state index is 0.0440. The smallest absolute Gasteiger partial charge is 0.303 e. The Morgan fingerprint density at radius 1 is 1.15 bits per heavy atom. The molecular formula is C21H34O5Si. The van der Waals surface area contributed by atoms with Crippen LogP contribution in [0, 0.1) is 5.92 Å². The standard InChI is InChI=1S/C21H34O5Si/c1-15(10-8-9-11-19(22)23)20(24)16-12-13-17(18(14-16)25-5)26-27(6,7)21(2,3)4/h12-15H,8-11H2,1-7H3,(H,22,23). The highest BCUT2D eigenvalue weighted by atomic mass is 28.4. The van der Waals surface area contributed by atoms with E-state index in [-0.39, 0.29) is 23.2 Å². The molecule has 0 fully saturated rings. The number of carbonyl (C=O) groups is 2. The summed E-state index contributed by atoms with van der Waals surface area (Å²) in [5.41, 5.74) is 0.597. The topological polar surface area (TPSA) is 72.8 Å². The molecule has 0 aliphatic heterocycles. The zero-order valence-electron chi connectivity index (χ0n) is 17.7. The van der Waals surface area contributed by atoms with Gasteiger partial charge < -0.3 is 14.3 Å². The van der Waals surface area contributed by atoms with Gasteiger partial charge >= 0.3 is 5.97 Å². The lowest BCUT2D eigenvalue weighted by Crippen LogP contribution is -2.43. The number of rotatable bonds is 10. The Labute approximate surface area is 164 Å². The van der Waals surface area contributed by atoms with E-state index in [1.165, 1.54) is 0 Å². The first-order valence-corrected chi connectivity index (χ1v) is 12.4. The molecule has 1 aromatic carbocycles. The van der Waals surface area contributed by atoms with Crippen molar-refractivity contribution in [3.05, 3.63) is 23.8 Å². The molecule has 1 unspecified atom stereocenters. The molecule has 0 aliphatic carbocycles. The number of Topliss-reactive ketones (excluding diaryl/α,β-unsaturated/α-hetero) is 1. The first-order valence-electron chi connectivity index (χ1n) is 9.52. The summed E-state index contributed by atoms with van der Waals surface area (Å²) in [7, 11) is -0.423. The molecule has 152 valence electrons. The third kappa shape index (κ3) is 6.68. The third-order valence-electron chi connectivity index (χ3n) is 5.34. The number of unbranched alkanes of at least 4 members (excludes halogenated alkanes) is 1. The van der Waals surface area contributed by atoms with Crippen LogP contribution in [-0.4, -0.2) is 32.3 Å². The molecule has 0 aliphatic rings. The maximum absolute atomic E-state index is 12.7. The van der Waals surface area contributed by atoms with E-state index in [0.29, 0.717) is 29.9 Å². The molecule has 0 amide bonds. The third-order valence-corrected chi connectivity index (χ3v) is 9.69. The van der Waals surface area contributed by atoms with E-state index in [0.717, 1.165) is 6.42 Å². The van der Waals surface area contributed by atoms with Crippen LogP contribution in [0.3, 0.4) is 0 Å². The van der Waals surface area contributed by atoms with Crippen molar-refractivity contribution in [3.8, 4) is 11.5 Å².